The van der Waals surface area contributed by atoms with E-state index in [0.717, 1.165) is 11.1 Å². The Morgan fingerprint density at radius 3 is 2.71 bits per heavy atom. The van der Waals surface area contributed by atoms with Crippen LogP contribution in [-0.4, -0.2) is 41.7 Å². The number of allylic oxidation sites excluding steroid dienone is 4. The summed E-state index contributed by atoms with van der Waals surface area (Å²) in [5.41, 5.74) is 1.58. The van der Waals surface area contributed by atoms with Crippen LogP contribution in [0, 0.1) is 5.92 Å². The molecule has 0 saturated heterocycles. The molecule has 28 heavy (non-hydrogen) atoms. The molecular formula is C21H25NO6. The van der Waals surface area contributed by atoms with E-state index in [1.165, 1.54) is 12.3 Å². The molecule has 7 heteroatoms. The van der Waals surface area contributed by atoms with Crippen LogP contribution in [0.5, 0.6) is 0 Å². The number of hydrogen-bond acceptors (Lipinski definition) is 5. The number of ether oxygens (including phenoxy) is 2. The van der Waals surface area contributed by atoms with Crippen molar-refractivity contribution in [3.05, 3.63) is 51.2 Å². The number of carbonyl (C=O) groups excluding carboxylic acids is 1. The molecule has 0 spiro atoms. The van der Waals surface area contributed by atoms with Gasteiger partial charge in [-0.15, -0.1) is 0 Å². The van der Waals surface area contributed by atoms with Gasteiger partial charge in [-0.25, -0.2) is 4.79 Å². The van der Waals surface area contributed by atoms with Gasteiger partial charge in [0.25, 0.3) is 0 Å². The Bertz CT molecular complexity index is 921. The van der Waals surface area contributed by atoms with E-state index in [4.69, 9.17) is 9.47 Å². The van der Waals surface area contributed by atoms with E-state index in [2.05, 4.69) is 13.8 Å². The number of methoxy groups -OCH3 is 1. The minimum atomic E-state index is -1.24. The fourth-order valence-electron chi connectivity index (χ4n) is 3.74. The zero-order valence-corrected chi connectivity index (χ0v) is 16.4. The zero-order valence-electron chi connectivity index (χ0n) is 16.4. The Hall–Kier alpha value is -2.67. The van der Waals surface area contributed by atoms with Crippen LogP contribution in [-0.2, 0) is 14.3 Å². The molecule has 1 N–H and O–H groups in total. The van der Waals surface area contributed by atoms with Crippen molar-refractivity contribution < 1.29 is 24.2 Å². The van der Waals surface area contributed by atoms with Crippen LogP contribution in [0.25, 0.3) is 5.57 Å². The number of pyridine rings is 1. The van der Waals surface area contributed by atoms with Crippen molar-refractivity contribution in [2.45, 2.75) is 39.2 Å². The van der Waals surface area contributed by atoms with Gasteiger partial charge in [-0.1, -0.05) is 13.8 Å². The predicted molar refractivity (Wildman–Crippen MR) is 103 cm³/mol. The molecule has 7 nitrogen and oxygen atoms in total. The van der Waals surface area contributed by atoms with Gasteiger partial charge in [0.1, 0.15) is 5.56 Å². The van der Waals surface area contributed by atoms with Crippen molar-refractivity contribution in [1.29, 1.82) is 0 Å². The predicted octanol–water partition coefficient (Wildman–Crippen LogP) is 2.81. The summed E-state index contributed by atoms with van der Waals surface area (Å²) in [6.07, 6.45) is 4.68. The van der Waals surface area contributed by atoms with Gasteiger partial charge in [0.15, 0.2) is 11.2 Å². The molecule has 2 heterocycles. The number of rotatable bonds is 7. The normalized spacial score (nSPS) is 18.6. The second-order valence-corrected chi connectivity index (χ2v) is 7.47. The number of aromatic carboxylic acids is 1. The van der Waals surface area contributed by atoms with E-state index >= 15 is 0 Å². The van der Waals surface area contributed by atoms with Crippen LogP contribution >= 0.6 is 0 Å². The molecule has 0 saturated carbocycles. The number of nitrogens with zero attached hydrogens (tertiary/aromatic N) is 1. The monoisotopic (exact) mass is 387 g/mol. The van der Waals surface area contributed by atoms with Crippen LogP contribution in [0.15, 0.2) is 34.5 Å². The molecule has 2 aliphatic rings. The second kappa shape index (κ2) is 8.14. The molecule has 1 unspecified atom stereocenters. The average Bonchev–Trinajstić information content (AvgIpc) is 2.64. The van der Waals surface area contributed by atoms with E-state index < -0.39 is 11.4 Å². The molecular weight excluding hydrogens is 362 g/mol. The number of carbonyl (C=O) groups is 2. The van der Waals surface area contributed by atoms with Crippen molar-refractivity contribution >= 4 is 17.3 Å². The summed E-state index contributed by atoms with van der Waals surface area (Å²) >= 11 is 0. The molecule has 0 bridgehead atoms. The maximum absolute atomic E-state index is 12.6. The Labute approximate surface area is 163 Å². The summed E-state index contributed by atoms with van der Waals surface area (Å²) in [7, 11) is 1.62. The van der Waals surface area contributed by atoms with Crippen molar-refractivity contribution in [3.63, 3.8) is 0 Å². The Morgan fingerprint density at radius 2 is 2.07 bits per heavy atom. The maximum Gasteiger partial charge on any atom is 0.341 e. The molecule has 1 aromatic heterocycles. The molecule has 1 aromatic rings. The van der Waals surface area contributed by atoms with E-state index in [1.807, 2.05) is 4.57 Å². The summed E-state index contributed by atoms with van der Waals surface area (Å²) in [5, 5.41) is 9.31. The summed E-state index contributed by atoms with van der Waals surface area (Å²) in [4.78, 5) is 36.2. The minimum Gasteiger partial charge on any atom is -0.490 e. The van der Waals surface area contributed by atoms with Gasteiger partial charge in [-0.05, 0) is 29.6 Å². The van der Waals surface area contributed by atoms with Gasteiger partial charge >= 0.3 is 5.97 Å². The number of carboxylic acids is 1. The van der Waals surface area contributed by atoms with E-state index in [9.17, 15) is 19.5 Å². The van der Waals surface area contributed by atoms with Crippen molar-refractivity contribution in [3.8, 4) is 0 Å². The smallest absolute Gasteiger partial charge is 0.341 e. The molecule has 0 amide bonds. The third-order valence-electron chi connectivity index (χ3n) is 5.23. The number of Topliss-reactive ketones (excluding diaryl/α,β-unsaturated/α-hetero) is 1. The molecule has 150 valence electrons. The Kier molecular flexibility index (Phi) is 5.84. The van der Waals surface area contributed by atoms with E-state index in [-0.39, 0.29) is 29.7 Å². The highest BCUT2D eigenvalue weighted by Crippen LogP contribution is 2.41. The third kappa shape index (κ3) is 3.80. The lowest BCUT2D eigenvalue weighted by Gasteiger charge is -2.35. The number of aromatic nitrogens is 1. The molecule has 1 aliphatic heterocycles. The SMILES string of the molecule is COCCCOC1=CC2=C(CC1=O)c1cc(=O)c(C(=O)O)cn1C(C(C)C)C2. The molecule has 0 fully saturated rings. The summed E-state index contributed by atoms with van der Waals surface area (Å²) in [5.74, 6) is -0.821. The summed E-state index contributed by atoms with van der Waals surface area (Å²) in [6, 6.07) is 1.34. The van der Waals surface area contributed by atoms with Gasteiger partial charge < -0.3 is 19.1 Å². The Morgan fingerprint density at radius 1 is 1.32 bits per heavy atom. The van der Waals surface area contributed by atoms with Gasteiger partial charge in [-0.3, -0.25) is 9.59 Å². The maximum atomic E-state index is 12.6. The third-order valence-corrected chi connectivity index (χ3v) is 5.23. The quantitative estimate of drug-likeness (QED) is 0.723. The topological polar surface area (TPSA) is 94.8 Å². The lowest BCUT2D eigenvalue weighted by molar-refractivity contribution is -0.118. The standard InChI is InChI=1S/C21H25NO6/c1-12(2)16-7-13-8-20(28-6-4-5-27-3)19(24)9-14(13)17-10-18(23)15(21(25)26)11-22(16)17/h8,10-12,16H,4-7,9H2,1-3H3,(H,25,26). The molecule has 0 aromatic carbocycles. The second-order valence-electron chi connectivity index (χ2n) is 7.47. The van der Waals surface area contributed by atoms with Crippen molar-refractivity contribution in [2.75, 3.05) is 20.3 Å². The lowest BCUT2D eigenvalue weighted by Crippen LogP contribution is -2.30. The first kappa shape index (κ1) is 20.1. The number of hydrogen-bond donors (Lipinski definition) is 1. The fraction of sp³-hybridized carbons (Fsp3) is 0.476. The molecule has 3 rings (SSSR count). The fourth-order valence-corrected chi connectivity index (χ4v) is 3.74. The highest BCUT2D eigenvalue weighted by molar-refractivity contribution is 6.04. The van der Waals surface area contributed by atoms with Gasteiger partial charge in [-0.2, -0.15) is 0 Å². The van der Waals surface area contributed by atoms with Gasteiger partial charge in [0, 0.05) is 50.6 Å². The van der Waals surface area contributed by atoms with E-state index in [0.29, 0.717) is 37.5 Å². The van der Waals surface area contributed by atoms with Crippen molar-refractivity contribution in [1.82, 2.24) is 4.57 Å². The highest BCUT2D eigenvalue weighted by atomic mass is 16.5. The first-order valence-electron chi connectivity index (χ1n) is 9.42. The first-order chi connectivity index (χ1) is 13.3. The highest BCUT2D eigenvalue weighted by Gasteiger charge is 2.33. The van der Waals surface area contributed by atoms with Crippen molar-refractivity contribution in [2.24, 2.45) is 5.92 Å². The van der Waals surface area contributed by atoms with Crippen LogP contribution < -0.4 is 5.43 Å². The zero-order chi connectivity index (χ0) is 20.4. The van der Waals surface area contributed by atoms with Crippen LogP contribution in [0.2, 0.25) is 0 Å². The summed E-state index contributed by atoms with van der Waals surface area (Å²) < 4.78 is 12.5. The first-order valence-corrected chi connectivity index (χ1v) is 9.42. The van der Waals surface area contributed by atoms with E-state index in [1.54, 1.807) is 13.2 Å². The van der Waals surface area contributed by atoms with Crippen LogP contribution in [0.3, 0.4) is 0 Å². The number of carboxylic acid groups (broad SMARTS) is 1. The lowest BCUT2D eigenvalue weighted by atomic mass is 9.82. The molecule has 1 atom stereocenters. The van der Waals surface area contributed by atoms with Crippen LogP contribution in [0.1, 0.15) is 55.2 Å². The summed E-state index contributed by atoms with van der Waals surface area (Å²) in [6.45, 7) is 5.07. The largest absolute Gasteiger partial charge is 0.490 e. The molecule has 1 aliphatic carbocycles. The molecule has 0 radical (unpaired) electrons. The number of ketones is 1. The Balaban J connectivity index is 2.03. The van der Waals surface area contributed by atoms with Crippen LogP contribution in [0.4, 0.5) is 0 Å². The number of fused-ring (bicyclic) bond motifs is 2. The van der Waals surface area contributed by atoms with Gasteiger partial charge in [0.05, 0.1) is 6.61 Å². The average molecular weight is 387 g/mol. The van der Waals surface area contributed by atoms with Gasteiger partial charge in [0.2, 0.25) is 5.78 Å². The minimum absolute atomic E-state index is 0.00774.